The molecule has 0 aromatic carbocycles. The van der Waals surface area contributed by atoms with Gasteiger partial charge in [0.15, 0.2) is 17.2 Å². The quantitative estimate of drug-likeness (QED) is 0.860. The van der Waals surface area contributed by atoms with Gasteiger partial charge in [-0.25, -0.2) is 9.50 Å². The van der Waals surface area contributed by atoms with Crippen LogP contribution in [-0.2, 0) is 6.42 Å². The molecule has 2 aromatic heterocycles. The van der Waals surface area contributed by atoms with Crippen LogP contribution < -0.4 is 0 Å². The van der Waals surface area contributed by atoms with E-state index in [0.717, 1.165) is 18.8 Å². The van der Waals surface area contributed by atoms with Crippen LogP contribution in [0.25, 0.3) is 5.65 Å². The number of hydrogen-bond acceptors (Lipinski definition) is 4. The SMILES string of the molecule is Oc1cccn2nc(CCN3CCCC3)nc12. The van der Waals surface area contributed by atoms with Crippen molar-refractivity contribution in [2.45, 2.75) is 19.3 Å². The van der Waals surface area contributed by atoms with Crippen molar-refractivity contribution < 1.29 is 5.11 Å². The lowest BCUT2D eigenvalue weighted by molar-refractivity contribution is 0.341. The van der Waals surface area contributed by atoms with E-state index in [0.29, 0.717) is 5.65 Å². The summed E-state index contributed by atoms with van der Waals surface area (Å²) in [6.45, 7) is 3.40. The molecule has 0 aliphatic carbocycles. The summed E-state index contributed by atoms with van der Waals surface area (Å²) in [5.41, 5.74) is 0.545. The van der Waals surface area contributed by atoms with E-state index in [1.807, 2.05) is 0 Å². The van der Waals surface area contributed by atoms with Gasteiger partial charge in [-0.2, -0.15) is 5.10 Å². The molecule has 0 saturated carbocycles. The Bertz CT molecular complexity index is 516. The summed E-state index contributed by atoms with van der Waals surface area (Å²) in [6, 6.07) is 3.40. The number of aromatic hydroxyl groups is 1. The van der Waals surface area contributed by atoms with Crippen LogP contribution in [0.4, 0.5) is 0 Å². The molecule has 17 heavy (non-hydrogen) atoms. The predicted molar refractivity (Wildman–Crippen MR) is 64.0 cm³/mol. The molecule has 1 N–H and O–H groups in total. The molecule has 0 bridgehead atoms. The Morgan fingerprint density at radius 2 is 2.12 bits per heavy atom. The number of nitrogens with zero attached hydrogens (tertiary/aromatic N) is 4. The van der Waals surface area contributed by atoms with E-state index < -0.39 is 0 Å². The largest absolute Gasteiger partial charge is 0.504 e. The summed E-state index contributed by atoms with van der Waals surface area (Å²) < 4.78 is 1.63. The fourth-order valence-corrected chi connectivity index (χ4v) is 2.31. The van der Waals surface area contributed by atoms with Gasteiger partial charge in [0, 0.05) is 19.2 Å². The Morgan fingerprint density at radius 1 is 1.29 bits per heavy atom. The van der Waals surface area contributed by atoms with E-state index in [1.165, 1.54) is 25.9 Å². The Hall–Kier alpha value is -1.62. The second kappa shape index (κ2) is 4.33. The van der Waals surface area contributed by atoms with Gasteiger partial charge in [-0.1, -0.05) is 0 Å². The summed E-state index contributed by atoms with van der Waals surface area (Å²) in [4.78, 5) is 6.78. The van der Waals surface area contributed by atoms with Gasteiger partial charge in [-0.15, -0.1) is 0 Å². The predicted octanol–water partition coefficient (Wildman–Crippen LogP) is 1.07. The highest BCUT2D eigenvalue weighted by molar-refractivity contribution is 5.51. The van der Waals surface area contributed by atoms with Gasteiger partial charge in [0.2, 0.25) is 0 Å². The van der Waals surface area contributed by atoms with Gasteiger partial charge in [0.05, 0.1) is 0 Å². The van der Waals surface area contributed by atoms with Crippen LogP contribution in [0.1, 0.15) is 18.7 Å². The molecule has 5 nitrogen and oxygen atoms in total. The number of fused-ring (bicyclic) bond motifs is 1. The van der Waals surface area contributed by atoms with E-state index in [-0.39, 0.29) is 5.75 Å². The lowest BCUT2D eigenvalue weighted by Gasteiger charge is -2.12. The van der Waals surface area contributed by atoms with Gasteiger partial charge in [0.1, 0.15) is 0 Å². The van der Waals surface area contributed by atoms with E-state index in [4.69, 9.17) is 0 Å². The van der Waals surface area contributed by atoms with E-state index in [9.17, 15) is 5.11 Å². The van der Waals surface area contributed by atoms with Crippen molar-refractivity contribution in [1.82, 2.24) is 19.5 Å². The molecule has 3 rings (SSSR count). The van der Waals surface area contributed by atoms with Crippen molar-refractivity contribution in [2.75, 3.05) is 19.6 Å². The van der Waals surface area contributed by atoms with Crippen molar-refractivity contribution in [3.05, 3.63) is 24.2 Å². The van der Waals surface area contributed by atoms with Crippen molar-refractivity contribution in [3.63, 3.8) is 0 Å². The number of pyridine rings is 1. The van der Waals surface area contributed by atoms with Crippen LogP contribution in [0.3, 0.4) is 0 Å². The maximum absolute atomic E-state index is 9.63. The van der Waals surface area contributed by atoms with Gasteiger partial charge in [-0.3, -0.25) is 0 Å². The van der Waals surface area contributed by atoms with Crippen LogP contribution >= 0.6 is 0 Å². The third kappa shape index (κ3) is 2.10. The van der Waals surface area contributed by atoms with Gasteiger partial charge in [0.25, 0.3) is 0 Å². The normalized spacial score (nSPS) is 16.9. The summed E-state index contributed by atoms with van der Waals surface area (Å²) in [7, 11) is 0. The second-order valence-corrected chi connectivity index (χ2v) is 4.49. The second-order valence-electron chi connectivity index (χ2n) is 4.49. The summed E-state index contributed by atoms with van der Waals surface area (Å²) in [6.07, 6.45) is 5.27. The van der Waals surface area contributed by atoms with Crippen LogP contribution in [0, 0.1) is 0 Å². The first kappa shape index (κ1) is 10.5. The summed E-state index contributed by atoms with van der Waals surface area (Å²) in [5, 5.41) is 14.0. The molecular weight excluding hydrogens is 216 g/mol. The van der Waals surface area contributed by atoms with Crippen LogP contribution in [0.2, 0.25) is 0 Å². The van der Waals surface area contributed by atoms with Crippen LogP contribution in [0.15, 0.2) is 18.3 Å². The average Bonchev–Trinajstić information content (AvgIpc) is 2.95. The smallest absolute Gasteiger partial charge is 0.197 e. The maximum Gasteiger partial charge on any atom is 0.197 e. The van der Waals surface area contributed by atoms with Crippen molar-refractivity contribution >= 4 is 5.65 Å². The maximum atomic E-state index is 9.63. The standard InChI is InChI=1S/C12H16N4O/c17-10-4-3-8-16-12(10)13-11(14-16)5-9-15-6-1-2-7-15/h3-4,8,17H,1-2,5-7,9H2. The Balaban J connectivity index is 1.74. The Morgan fingerprint density at radius 3 is 2.88 bits per heavy atom. The zero-order chi connectivity index (χ0) is 11.7. The Kier molecular flexibility index (Phi) is 2.68. The highest BCUT2D eigenvalue weighted by Crippen LogP contribution is 2.15. The molecule has 0 radical (unpaired) electrons. The van der Waals surface area contributed by atoms with Gasteiger partial charge >= 0.3 is 0 Å². The average molecular weight is 232 g/mol. The molecule has 1 aliphatic rings. The number of hydrogen-bond donors (Lipinski definition) is 1. The molecule has 0 atom stereocenters. The van der Waals surface area contributed by atoms with Crippen molar-refractivity contribution in [2.24, 2.45) is 0 Å². The van der Waals surface area contributed by atoms with E-state index >= 15 is 0 Å². The molecule has 1 saturated heterocycles. The van der Waals surface area contributed by atoms with E-state index in [1.54, 1.807) is 22.8 Å². The number of rotatable bonds is 3. The van der Waals surface area contributed by atoms with Crippen molar-refractivity contribution in [1.29, 1.82) is 0 Å². The first-order chi connectivity index (χ1) is 8.33. The lowest BCUT2D eigenvalue weighted by atomic mass is 10.4. The zero-order valence-corrected chi connectivity index (χ0v) is 9.71. The van der Waals surface area contributed by atoms with Gasteiger partial charge < -0.3 is 10.0 Å². The van der Waals surface area contributed by atoms with Crippen LogP contribution in [0.5, 0.6) is 5.75 Å². The Labute approximate surface area is 99.7 Å². The number of aromatic nitrogens is 3. The minimum absolute atomic E-state index is 0.187. The molecule has 1 aliphatic heterocycles. The summed E-state index contributed by atoms with van der Waals surface area (Å²) in [5.74, 6) is 0.992. The first-order valence-corrected chi connectivity index (χ1v) is 6.08. The first-order valence-electron chi connectivity index (χ1n) is 6.08. The molecule has 1 fully saturated rings. The molecule has 90 valence electrons. The molecule has 5 heteroatoms. The molecule has 0 unspecified atom stereocenters. The fourth-order valence-electron chi connectivity index (χ4n) is 2.31. The lowest BCUT2D eigenvalue weighted by Crippen LogP contribution is -2.22. The molecule has 0 amide bonds. The monoisotopic (exact) mass is 232 g/mol. The number of likely N-dealkylation sites (tertiary alicyclic amines) is 1. The molecule has 3 heterocycles. The minimum atomic E-state index is 0.187. The third-order valence-electron chi connectivity index (χ3n) is 3.24. The fraction of sp³-hybridized carbons (Fsp3) is 0.500. The zero-order valence-electron chi connectivity index (χ0n) is 9.71. The third-order valence-corrected chi connectivity index (χ3v) is 3.24. The summed E-state index contributed by atoms with van der Waals surface area (Å²) >= 11 is 0. The molecule has 2 aromatic rings. The molecular formula is C12H16N4O. The minimum Gasteiger partial charge on any atom is -0.504 e. The van der Waals surface area contributed by atoms with E-state index in [2.05, 4.69) is 15.0 Å². The molecule has 0 spiro atoms. The highest BCUT2D eigenvalue weighted by atomic mass is 16.3. The van der Waals surface area contributed by atoms with Crippen LogP contribution in [-0.4, -0.2) is 44.2 Å². The highest BCUT2D eigenvalue weighted by Gasteiger charge is 2.13. The topological polar surface area (TPSA) is 53.7 Å². The van der Waals surface area contributed by atoms with Gasteiger partial charge in [-0.05, 0) is 38.1 Å². The van der Waals surface area contributed by atoms with Crippen molar-refractivity contribution in [3.8, 4) is 5.75 Å².